The Hall–Kier alpha value is -11.5. The van der Waals surface area contributed by atoms with Crippen molar-refractivity contribution in [3.8, 4) is 23.0 Å². The van der Waals surface area contributed by atoms with Gasteiger partial charge in [-0.15, -0.1) is 11.6 Å². The van der Waals surface area contributed by atoms with Crippen molar-refractivity contribution in [2.45, 2.75) is 132 Å². The Morgan fingerprint density at radius 3 is 1.44 bits per heavy atom. The topological polar surface area (TPSA) is 227 Å². The minimum Gasteiger partial charge on any atom is -0.508 e. The first kappa shape index (κ1) is 75.5. The van der Waals surface area contributed by atoms with Crippen LogP contribution in [0.1, 0.15) is 167 Å². The van der Waals surface area contributed by atoms with E-state index in [2.05, 4.69) is 164 Å². The third-order valence-corrected chi connectivity index (χ3v) is 24.0. The van der Waals surface area contributed by atoms with Crippen LogP contribution in [0.15, 0.2) is 219 Å². The van der Waals surface area contributed by atoms with Crippen LogP contribution in [0.25, 0.3) is 0 Å². The number of Topliss-reactive ketones (excluding diaryl/α,β-unsaturated/α-hetero) is 2. The summed E-state index contributed by atoms with van der Waals surface area (Å²) in [7, 11) is 0. The highest BCUT2D eigenvalue weighted by molar-refractivity contribution is 6.16. The summed E-state index contributed by atoms with van der Waals surface area (Å²) >= 11 is 5.81. The van der Waals surface area contributed by atoms with Crippen LogP contribution in [0.3, 0.4) is 0 Å². The smallest absolute Gasteiger partial charge is 0.255 e. The van der Waals surface area contributed by atoms with Crippen molar-refractivity contribution in [2.75, 3.05) is 62.2 Å². The van der Waals surface area contributed by atoms with Gasteiger partial charge in [0, 0.05) is 143 Å². The number of carbonyl (C=O) groups excluding carboxylic acids is 6. The standard InChI is InChI=1S/C47H46N4O5.C29H26ClNO2.C17H20N4O3/c52-38-12-18-42-34(25-38)9-16-41(32-4-2-1-3-5-32)46(42)33-7-14-40(15-8-33)56-30-31-6-10-36(48-27-31)29-49-20-22-50(23-21-49)37-11-17-43-35(24-37)28-51(47(43)55)44-19-13-39(53)26-45(44)54;30-17-24-10-6-20(18-31-24)19-33-26-12-7-22(8-13-26)29-27(21-4-2-1-3-5-21)14-9-23-16-25(32)11-15-28(23)29;22-15-4-3-14(16(23)19-15)21-10-11-9-12(1-2-13(11)17(21)24)20-7-5-18-6-8-20/h1-8,10-12,14-15,17-18,24-25,27,41,44,46,52H,9,13,16,19-23,26,28-30H2;1-8,10-13,15-16,18,27,29,32H,9,14,17,19H2;1-2,9,14,18H,3-8,10H2,(H,19,22,23)/t41-,44?,46+;27-,29+;/m11./s1. The normalized spacial score (nSPS) is 20.7. The molecule has 4 fully saturated rings. The molecule has 6 atom stereocenters. The molecule has 8 aromatic carbocycles. The Morgan fingerprint density at radius 2 is 0.956 bits per heavy atom. The highest BCUT2D eigenvalue weighted by Gasteiger charge is 2.42. The van der Waals surface area contributed by atoms with Gasteiger partial charge in [-0.1, -0.05) is 109 Å². The molecule has 113 heavy (non-hydrogen) atoms. The molecule has 18 rings (SSSR count). The zero-order valence-corrected chi connectivity index (χ0v) is 63.9. The number of aryl methyl sites for hydroxylation is 2. The molecule has 2 unspecified atom stereocenters. The lowest BCUT2D eigenvalue weighted by Gasteiger charge is -2.36. The van der Waals surface area contributed by atoms with Crippen LogP contribution in [0.5, 0.6) is 23.0 Å². The summed E-state index contributed by atoms with van der Waals surface area (Å²) in [5.74, 6) is 2.88. The number of rotatable bonds is 17. The first-order valence-electron chi connectivity index (χ1n) is 39.5. The number of hydrogen-bond donors (Lipinski definition) is 4. The number of piperidine rings is 1. The predicted molar refractivity (Wildman–Crippen MR) is 434 cm³/mol. The molecule has 1 saturated carbocycles. The number of aromatic nitrogens is 2. The molecule has 0 bridgehead atoms. The molecule has 4 amide bonds. The molecule has 0 radical (unpaired) electrons. The van der Waals surface area contributed by atoms with Crippen molar-refractivity contribution < 1.29 is 48.5 Å². The Morgan fingerprint density at radius 1 is 0.460 bits per heavy atom. The van der Waals surface area contributed by atoms with E-state index in [-0.39, 0.29) is 59.9 Å². The average molecular weight is 1530 g/mol. The Labute approximate surface area is 663 Å². The number of carbonyl (C=O) groups is 6. The average Bonchev–Trinajstić information content (AvgIpc) is 1.44. The van der Waals surface area contributed by atoms with Gasteiger partial charge in [-0.2, -0.15) is 0 Å². The second kappa shape index (κ2) is 34.2. The van der Waals surface area contributed by atoms with E-state index in [0.29, 0.717) is 85.9 Å². The summed E-state index contributed by atoms with van der Waals surface area (Å²) in [6, 6.07) is 69.1. The quantitative estimate of drug-likeness (QED) is 0.0377. The minimum absolute atomic E-state index is 0.0310. The molecule has 7 heterocycles. The number of aromatic hydroxyl groups is 2. The van der Waals surface area contributed by atoms with E-state index in [9.17, 15) is 39.0 Å². The number of halogens is 1. The van der Waals surface area contributed by atoms with E-state index >= 15 is 0 Å². The first-order chi connectivity index (χ1) is 55.2. The monoisotopic (exact) mass is 1530 g/mol. The Balaban J connectivity index is 0.000000142. The summed E-state index contributed by atoms with van der Waals surface area (Å²) in [5.41, 5.74) is 19.6. The van der Waals surface area contributed by atoms with E-state index in [1.807, 2.05) is 79.1 Å². The lowest BCUT2D eigenvalue weighted by atomic mass is 9.69. The number of pyridine rings is 2. The van der Waals surface area contributed by atoms with Gasteiger partial charge in [-0.25, -0.2) is 0 Å². The molecule has 8 aliphatic rings. The number of benzene rings is 8. The number of fused-ring (bicyclic) bond motifs is 4. The fourth-order valence-electron chi connectivity index (χ4n) is 17.7. The van der Waals surface area contributed by atoms with Crippen molar-refractivity contribution >= 4 is 58.2 Å². The fourth-order valence-corrected chi connectivity index (χ4v) is 17.9. The van der Waals surface area contributed by atoms with Gasteiger partial charge in [0.2, 0.25) is 11.8 Å². The van der Waals surface area contributed by atoms with Crippen molar-refractivity contribution in [1.29, 1.82) is 0 Å². The van der Waals surface area contributed by atoms with Crippen molar-refractivity contribution in [3.63, 3.8) is 0 Å². The molecule has 2 aromatic heterocycles. The van der Waals surface area contributed by atoms with Crippen molar-refractivity contribution in [1.82, 2.24) is 35.3 Å². The number of hydrogen-bond acceptors (Lipinski definition) is 16. The molecular weight excluding hydrogens is 1440 g/mol. The largest absolute Gasteiger partial charge is 0.508 e. The number of ether oxygens (including phenoxy) is 2. The van der Waals surface area contributed by atoms with Crippen LogP contribution in [0.4, 0.5) is 11.4 Å². The summed E-state index contributed by atoms with van der Waals surface area (Å²) in [4.78, 5) is 92.9. The molecule has 10 aromatic rings. The van der Waals surface area contributed by atoms with E-state index < -0.39 is 12.1 Å². The predicted octanol–water partition coefficient (Wildman–Crippen LogP) is 14.0. The second-order valence-corrected chi connectivity index (χ2v) is 31.0. The van der Waals surface area contributed by atoms with Gasteiger partial charge in [0.1, 0.15) is 48.0 Å². The minimum atomic E-state index is -0.551. The maximum Gasteiger partial charge on any atom is 0.255 e. The number of imide groups is 1. The number of nitrogens with one attached hydrogen (secondary N) is 2. The van der Waals surface area contributed by atoms with Crippen LogP contribution >= 0.6 is 11.6 Å². The Bertz CT molecular complexity index is 5120. The first-order valence-corrected chi connectivity index (χ1v) is 40.1. The Kier molecular flexibility index (Phi) is 22.9. The highest BCUT2D eigenvalue weighted by atomic mass is 35.5. The van der Waals surface area contributed by atoms with Gasteiger partial charge < -0.3 is 44.6 Å². The van der Waals surface area contributed by atoms with Crippen molar-refractivity contribution in [3.05, 3.63) is 308 Å². The number of amides is 4. The lowest BCUT2D eigenvalue weighted by Crippen LogP contribution is -2.52. The van der Waals surface area contributed by atoms with Gasteiger partial charge in [-0.05, 0) is 203 Å². The molecule has 4 N–H and O–H groups in total. The zero-order valence-electron chi connectivity index (χ0n) is 63.2. The van der Waals surface area contributed by atoms with Crippen LogP contribution in [-0.4, -0.2) is 135 Å². The van der Waals surface area contributed by atoms with E-state index in [4.69, 9.17) is 26.1 Å². The van der Waals surface area contributed by atoms with Crippen LogP contribution in [0.2, 0.25) is 0 Å². The number of phenolic OH excluding ortho intramolecular Hbond substituents is 2. The fraction of sp³-hybridized carbons (Fsp3) is 0.312. The van der Waals surface area contributed by atoms with E-state index in [1.54, 1.807) is 15.9 Å². The molecule has 3 saturated heterocycles. The van der Waals surface area contributed by atoms with Gasteiger partial charge >= 0.3 is 0 Å². The zero-order chi connectivity index (χ0) is 77.5. The van der Waals surface area contributed by atoms with Gasteiger partial charge in [0.25, 0.3) is 11.8 Å². The maximum absolute atomic E-state index is 13.1. The molecule has 20 heteroatoms. The second-order valence-electron chi connectivity index (χ2n) is 30.8. The lowest BCUT2D eigenvalue weighted by molar-refractivity contribution is -0.137. The van der Waals surface area contributed by atoms with Crippen LogP contribution < -0.4 is 29.9 Å². The maximum atomic E-state index is 13.1. The number of anilines is 2. The molecule has 3 aliphatic carbocycles. The SMILES string of the molecule is O=C1CCC(N2Cc3cc(N4CCN(Cc5ccc(COc6ccc([C@@H]7c8ccc(O)cc8CC[C@@H]7c7ccccc7)cc6)cn5)CC4)ccc3C2=O)C(=O)C1.O=C1CCC(N2Cc3cc(N4CCNCC4)ccc3C2=O)C(=O)N1.Oc1ccc2c(c1)CC[C@H](c1ccccc1)[C@@H]2c1ccc(OCc2ccc(CCl)nc2)cc1. The van der Waals surface area contributed by atoms with E-state index in [0.717, 1.165) is 141 Å². The highest BCUT2D eigenvalue weighted by Crippen LogP contribution is 2.49. The summed E-state index contributed by atoms with van der Waals surface area (Å²) < 4.78 is 12.2. The molecule has 19 nitrogen and oxygen atoms in total. The van der Waals surface area contributed by atoms with Crippen LogP contribution in [0, 0.1) is 0 Å². The number of alkyl halides is 1. The van der Waals surface area contributed by atoms with Crippen LogP contribution in [-0.2, 0) is 70.7 Å². The number of piperazine rings is 2. The summed E-state index contributed by atoms with van der Waals surface area (Å²) in [6.07, 6.45) is 9.11. The summed E-state index contributed by atoms with van der Waals surface area (Å²) in [6.45, 7) is 9.87. The summed E-state index contributed by atoms with van der Waals surface area (Å²) in [5, 5.41) is 25.9. The molecule has 5 aliphatic heterocycles. The number of nitrogens with zero attached hydrogens (tertiary/aromatic N) is 7. The van der Waals surface area contributed by atoms with Gasteiger partial charge in [-0.3, -0.25) is 49.0 Å². The van der Waals surface area contributed by atoms with Gasteiger partial charge in [0.15, 0.2) is 5.78 Å². The number of phenols is 2. The van der Waals surface area contributed by atoms with E-state index in [1.165, 1.54) is 44.5 Å². The van der Waals surface area contributed by atoms with Crippen molar-refractivity contribution in [2.24, 2.45) is 0 Å². The number of ketones is 2. The third-order valence-electron chi connectivity index (χ3n) is 23.7. The molecular formula is C93H92ClN9O10. The van der Waals surface area contributed by atoms with Gasteiger partial charge in [0.05, 0.1) is 29.7 Å². The molecule has 0 spiro atoms. The molecule has 576 valence electrons. The third kappa shape index (κ3) is 17.1.